The molecule has 1 atom stereocenters. The Morgan fingerprint density at radius 1 is 1.06 bits per heavy atom. The Bertz CT molecular complexity index is 1090. The lowest BCUT2D eigenvalue weighted by Crippen LogP contribution is -2.45. The average Bonchev–Trinajstić information content (AvgIpc) is 2.77. The molecule has 0 bridgehead atoms. The summed E-state index contributed by atoms with van der Waals surface area (Å²) in [5, 5.41) is 3.07. The van der Waals surface area contributed by atoms with Gasteiger partial charge < -0.3 is 19.5 Å². The molecule has 3 rings (SSSR count). The summed E-state index contributed by atoms with van der Waals surface area (Å²) >= 11 is 5.80. The molecule has 172 valence electrons. The van der Waals surface area contributed by atoms with Crippen LogP contribution in [-0.4, -0.2) is 46.2 Å². The molecule has 2 aromatic carbocycles. The van der Waals surface area contributed by atoms with Gasteiger partial charge in [0.15, 0.2) is 18.1 Å². The topological polar surface area (TPSA) is 120 Å². The quantitative estimate of drug-likeness (QED) is 0.555. The van der Waals surface area contributed by atoms with Gasteiger partial charge in [-0.1, -0.05) is 25.4 Å². The molecule has 0 unspecified atom stereocenters. The number of hydrogen-bond acceptors (Lipinski definition) is 7. The fraction of sp³-hybridized carbons (Fsp3) is 0.333. The van der Waals surface area contributed by atoms with Crippen LogP contribution in [0.3, 0.4) is 0 Å². The molecule has 0 fully saturated rings. The number of nitrogens with one attached hydrogen (secondary N) is 2. The highest BCUT2D eigenvalue weighted by atomic mass is 35.5. The van der Waals surface area contributed by atoms with E-state index in [1.807, 2.05) is 0 Å². The first-order valence-corrected chi connectivity index (χ1v) is 11.7. The van der Waals surface area contributed by atoms with Crippen molar-refractivity contribution in [3.8, 4) is 11.5 Å². The Balaban J connectivity index is 1.63. The fourth-order valence-electron chi connectivity index (χ4n) is 2.84. The first kappa shape index (κ1) is 23.8. The van der Waals surface area contributed by atoms with Crippen LogP contribution < -0.4 is 19.5 Å². The third kappa shape index (κ3) is 6.12. The van der Waals surface area contributed by atoms with Crippen LogP contribution in [0.25, 0.3) is 0 Å². The van der Waals surface area contributed by atoms with Gasteiger partial charge in [0, 0.05) is 16.8 Å². The van der Waals surface area contributed by atoms with E-state index in [4.69, 9.17) is 25.8 Å². The Kier molecular flexibility index (Phi) is 7.60. The van der Waals surface area contributed by atoms with Crippen molar-refractivity contribution in [1.29, 1.82) is 0 Å². The standard InChI is InChI=1S/C21H23ClN2O7S/c1-13(2)20(21(26)31-12-19(25)23-15-5-3-14(22)4-6-15)24-32(27,28)16-7-8-17-18(11-16)30-10-9-29-17/h3-8,11,13,20,24H,9-10,12H2,1-2H3,(H,23,25)/t20-/m1/s1. The molecule has 2 aromatic rings. The summed E-state index contributed by atoms with van der Waals surface area (Å²) in [7, 11) is -4.07. The van der Waals surface area contributed by atoms with E-state index >= 15 is 0 Å². The molecule has 2 N–H and O–H groups in total. The largest absolute Gasteiger partial charge is 0.486 e. The number of halogens is 1. The second kappa shape index (κ2) is 10.2. The molecule has 1 aliphatic rings. The molecule has 9 nitrogen and oxygen atoms in total. The maximum Gasteiger partial charge on any atom is 0.324 e. The van der Waals surface area contributed by atoms with Gasteiger partial charge in [-0.3, -0.25) is 9.59 Å². The molecule has 1 heterocycles. The normalized spacial score (nSPS) is 14.0. The number of fused-ring (bicyclic) bond motifs is 1. The predicted octanol–water partition coefficient (Wildman–Crippen LogP) is 2.60. The maximum absolute atomic E-state index is 12.8. The summed E-state index contributed by atoms with van der Waals surface area (Å²) in [4.78, 5) is 24.5. The lowest BCUT2D eigenvalue weighted by atomic mass is 10.1. The van der Waals surface area contributed by atoms with E-state index in [1.54, 1.807) is 38.1 Å². The zero-order valence-electron chi connectivity index (χ0n) is 17.5. The summed E-state index contributed by atoms with van der Waals surface area (Å²) in [5.74, 6) is -1.12. The number of sulfonamides is 1. The van der Waals surface area contributed by atoms with Gasteiger partial charge in [0.25, 0.3) is 5.91 Å². The molecular formula is C21H23ClN2O7S. The van der Waals surface area contributed by atoms with Crippen molar-refractivity contribution in [2.75, 3.05) is 25.1 Å². The summed E-state index contributed by atoms with van der Waals surface area (Å²) < 4.78 is 43.9. The summed E-state index contributed by atoms with van der Waals surface area (Å²) in [5.41, 5.74) is 0.482. The Labute approximate surface area is 191 Å². The van der Waals surface area contributed by atoms with Crippen LogP contribution >= 0.6 is 11.6 Å². The van der Waals surface area contributed by atoms with Gasteiger partial charge in [0.2, 0.25) is 10.0 Å². The SMILES string of the molecule is CC(C)[C@@H](NS(=O)(=O)c1ccc2c(c1)OCCO2)C(=O)OCC(=O)Nc1ccc(Cl)cc1. The second-order valence-corrected chi connectivity index (χ2v) is 9.46. The molecule has 0 aromatic heterocycles. The second-order valence-electron chi connectivity index (χ2n) is 7.31. The fourth-order valence-corrected chi connectivity index (χ4v) is 4.31. The van der Waals surface area contributed by atoms with Gasteiger partial charge in [0.05, 0.1) is 4.90 Å². The zero-order chi connectivity index (χ0) is 23.3. The van der Waals surface area contributed by atoms with Crippen LogP contribution in [0.2, 0.25) is 5.02 Å². The minimum Gasteiger partial charge on any atom is -0.486 e. The number of carbonyl (C=O) groups is 2. The Morgan fingerprint density at radius 2 is 1.72 bits per heavy atom. The van der Waals surface area contributed by atoms with E-state index in [0.717, 1.165) is 0 Å². The minimum absolute atomic E-state index is 0.0827. The molecule has 0 saturated heterocycles. The van der Waals surface area contributed by atoms with Crippen LogP contribution in [0.5, 0.6) is 11.5 Å². The van der Waals surface area contributed by atoms with E-state index in [-0.39, 0.29) is 4.90 Å². The number of esters is 1. The predicted molar refractivity (Wildman–Crippen MR) is 117 cm³/mol. The maximum atomic E-state index is 12.8. The van der Waals surface area contributed by atoms with E-state index in [0.29, 0.717) is 35.4 Å². The highest BCUT2D eigenvalue weighted by Crippen LogP contribution is 2.32. The molecule has 11 heteroatoms. The third-order valence-corrected chi connectivity index (χ3v) is 6.19. The number of rotatable bonds is 8. The number of carbonyl (C=O) groups excluding carboxylic acids is 2. The van der Waals surface area contributed by atoms with E-state index in [2.05, 4.69) is 10.0 Å². The summed E-state index contributed by atoms with van der Waals surface area (Å²) in [6.45, 7) is 3.43. The van der Waals surface area contributed by atoms with Crippen LogP contribution in [0, 0.1) is 5.92 Å². The van der Waals surface area contributed by atoms with Gasteiger partial charge in [-0.05, 0) is 42.3 Å². The van der Waals surface area contributed by atoms with Crippen LogP contribution in [0.15, 0.2) is 47.4 Å². The monoisotopic (exact) mass is 482 g/mol. The molecule has 0 saturated carbocycles. The molecule has 1 amide bonds. The summed E-state index contributed by atoms with van der Waals surface area (Å²) in [6.07, 6.45) is 0. The number of hydrogen-bond donors (Lipinski definition) is 2. The minimum atomic E-state index is -4.07. The van der Waals surface area contributed by atoms with Gasteiger partial charge in [-0.2, -0.15) is 4.72 Å². The van der Waals surface area contributed by atoms with Crippen molar-refractivity contribution < 1.29 is 32.2 Å². The highest BCUT2D eigenvalue weighted by molar-refractivity contribution is 7.89. The first-order valence-electron chi connectivity index (χ1n) is 9.80. The van der Waals surface area contributed by atoms with Crippen LogP contribution in [-0.2, 0) is 24.3 Å². The van der Waals surface area contributed by atoms with E-state index in [9.17, 15) is 18.0 Å². The molecule has 0 aliphatic carbocycles. The summed E-state index contributed by atoms with van der Waals surface area (Å²) in [6, 6.07) is 9.39. The van der Waals surface area contributed by atoms with Crippen LogP contribution in [0.1, 0.15) is 13.8 Å². The van der Waals surface area contributed by atoms with Crippen molar-refractivity contribution >= 4 is 39.2 Å². The average molecular weight is 483 g/mol. The number of benzene rings is 2. The lowest BCUT2D eigenvalue weighted by molar-refractivity contribution is -0.150. The lowest BCUT2D eigenvalue weighted by Gasteiger charge is -2.22. The number of ether oxygens (including phenoxy) is 3. The van der Waals surface area contributed by atoms with Gasteiger partial charge in [-0.25, -0.2) is 8.42 Å². The van der Waals surface area contributed by atoms with Gasteiger partial charge in [0.1, 0.15) is 19.3 Å². The smallest absolute Gasteiger partial charge is 0.324 e. The van der Waals surface area contributed by atoms with Crippen molar-refractivity contribution in [2.45, 2.75) is 24.8 Å². The number of amides is 1. The van der Waals surface area contributed by atoms with Crippen molar-refractivity contribution in [3.05, 3.63) is 47.5 Å². The molecular weight excluding hydrogens is 460 g/mol. The molecule has 1 aliphatic heterocycles. The first-order chi connectivity index (χ1) is 15.2. The molecule has 0 radical (unpaired) electrons. The van der Waals surface area contributed by atoms with Crippen molar-refractivity contribution in [2.24, 2.45) is 5.92 Å². The third-order valence-electron chi connectivity index (χ3n) is 4.50. The highest BCUT2D eigenvalue weighted by Gasteiger charge is 2.31. The van der Waals surface area contributed by atoms with E-state index < -0.39 is 40.5 Å². The zero-order valence-corrected chi connectivity index (χ0v) is 19.0. The number of anilines is 1. The van der Waals surface area contributed by atoms with Crippen molar-refractivity contribution in [1.82, 2.24) is 4.72 Å². The molecule has 32 heavy (non-hydrogen) atoms. The van der Waals surface area contributed by atoms with Crippen molar-refractivity contribution in [3.63, 3.8) is 0 Å². The Morgan fingerprint density at radius 3 is 2.38 bits per heavy atom. The van der Waals surface area contributed by atoms with Crippen LogP contribution in [0.4, 0.5) is 5.69 Å². The molecule has 0 spiro atoms. The van der Waals surface area contributed by atoms with E-state index in [1.165, 1.54) is 18.2 Å². The van der Waals surface area contributed by atoms with Gasteiger partial charge >= 0.3 is 5.97 Å². The van der Waals surface area contributed by atoms with Gasteiger partial charge in [-0.15, -0.1) is 0 Å². The Hall–Kier alpha value is -2.82.